The van der Waals surface area contributed by atoms with Gasteiger partial charge >= 0.3 is 0 Å². The molecule has 34 heavy (non-hydrogen) atoms. The van der Waals surface area contributed by atoms with E-state index < -0.39 is 0 Å². The van der Waals surface area contributed by atoms with E-state index in [-0.39, 0.29) is 17.7 Å². The molecule has 0 fully saturated rings. The van der Waals surface area contributed by atoms with Gasteiger partial charge in [0, 0.05) is 24.5 Å². The van der Waals surface area contributed by atoms with Crippen molar-refractivity contribution in [2.24, 2.45) is 0 Å². The summed E-state index contributed by atoms with van der Waals surface area (Å²) in [6, 6.07) is 23.6. The highest BCUT2D eigenvalue weighted by Gasteiger charge is 2.16. The maximum Gasteiger partial charge on any atom is 0.257 e. The highest BCUT2D eigenvalue weighted by Crippen LogP contribution is 2.26. The van der Waals surface area contributed by atoms with Crippen LogP contribution in [0.5, 0.6) is 5.88 Å². The van der Waals surface area contributed by atoms with Crippen molar-refractivity contribution in [1.82, 2.24) is 24.9 Å². The van der Waals surface area contributed by atoms with Gasteiger partial charge in [-0.1, -0.05) is 54.6 Å². The molecule has 8 nitrogen and oxygen atoms in total. The van der Waals surface area contributed by atoms with Gasteiger partial charge in [-0.15, -0.1) is 5.10 Å². The number of nitrogens with one attached hydrogen (secondary N) is 1. The molecule has 2 aromatic carbocycles. The third-order valence-electron chi connectivity index (χ3n) is 5.52. The van der Waals surface area contributed by atoms with Gasteiger partial charge in [0.2, 0.25) is 11.8 Å². The number of carbonyl (C=O) groups excluding carboxylic acids is 1. The summed E-state index contributed by atoms with van der Waals surface area (Å²) in [5, 5.41) is 7.10. The molecule has 5 rings (SSSR count). The molecular weight excluding hydrogens is 428 g/mol. The molecule has 3 heterocycles. The van der Waals surface area contributed by atoms with Crippen LogP contribution in [-0.2, 0) is 6.54 Å². The fourth-order valence-corrected chi connectivity index (χ4v) is 3.86. The van der Waals surface area contributed by atoms with Crippen LogP contribution in [0.15, 0.2) is 85.2 Å². The summed E-state index contributed by atoms with van der Waals surface area (Å²) in [6.45, 7) is 0.363. The van der Waals surface area contributed by atoms with Gasteiger partial charge in [-0.3, -0.25) is 4.79 Å². The number of methoxy groups -OCH3 is 1. The average molecular weight is 451 g/mol. The number of anilines is 1. The minimum atomic E-state index is -0.276. The molecule has 0 atom stereocenters. The van der Waals surface area contributed by atoms with Gasteiger partial charge in [0.25, 0.3) is 5.91 Å². The molecule has 8 heteroatoms. The summed E-state index contributed by atoms with van der Waals surface area (Å²) < 4.78 is 6.95. The van der Waals surface area contributed by atoms with Crippen LogP contribution in [0.3, 0.4) is 0 Å². The quantitative estimate of drug-likeness (QED) is 0.405. The van der Waals surface area contributed by atoms with E-state index in [2.05, 4.69) is 32.5 Å². The lowest BCUT2D eigenvalue weighted by molar-refractivity contribution is 0.0947. The summed E-state index contributed by atoms with van der Waals surface area (Å²) in [5.41, 5.74) is 11.4. The average Bonchev–Trinajstić information content (AvgIpc) is 3.26. The van der Waals surface area contributed by atoms with Gasteiger partial charge in [0.15, 0.2) is 5.65 Å². The van der Waals surface area contributed by atoms with Crippen LogP contribution in [0, 0.1) is 0 Å². The number of amides is 1. The normalized spacial score (nSPS) is 10.9. The van der Waals surface area contributed by atoms with Crippen LogP contribution >= 0.6 is 0 Å². The Morgan fingerprint density at radius 2 is 1.79 bits per heavy atom. The van der Waals surface area contributed by atoms with Crippen molar-refractivity contribution in [2.75, 3.05) is 12.8 Å². The molecule has 0 saturated carbocycles. The van der Waals surface area contributed by atoms with Gasteiger partial charge in [-0.2, -0.15) is 4.98 Å². The number of fused-ring (bicyclic) bond motifs is 1. The van der Waals surface area contributed by atoms with Gasteiger partial charge < -0.3 is 15.8 Å². The summed E-state index contributed by atoms with van der Waals surface area (Å²) in [7, 11) is 1.49. The largest absolute Gasteiger partial charge is 0.480 e. The zero-order valence-corrected chi connectivity index (χ0v) is 18.5. The lowest BCUT2D eigenvalue weighted by Gasteiger charge is -2.13. The number of nitrogen functional groups attached to an aromatic ring is 1. The lowest BCUT2D eigenvalue weighted by atomic mass is 9.99. The molecule has 0 unspecified atom stereocenters. The van der Waals surface area contributed by atoms with Crippen molar-refractivity contribution >= 4 is 17.5 Å². The number of nitrogens with zero attached hydrogens (tertiary/aromatic N) is 4. The number of ether oxygens (including phenoxy) is 1. The van der Waals surface area contributed by atoms with E-state index in [1.54, 1.807) is 23.0 Å². The molecule has 0 aliphatic rings. The molecule has 0 aliphatic carbocycles. The van der Waals surface area contributed by atoms with E-state index in [1.807, 2.05) is 54.6 Å². The van der Waals surface area contributed by atoms with Gasteiger partial charge in [-0.25, -0.2) is 9.50 Å². The van der Waals surface area contributed by atoms with Gasteiger partial charge in [0.05, 0.1) is 7.11 Å². The highest BCUT2D eigenvalue weighted by molar-refractivity contribution is 5.97. The number of aromatic nitrogens is 4. The molecule has 1 amide bonds. The van der Waals surface area contributed by atoms with Crippen LogP contribution in [-0.4, -0.2) is 32.6 Å². The number of benzene rings is 2. The molecule has 0 aliphatic heterocycles. The van der Waals surface area contributed by atoms with Crippen molar-refractivity contribution < 1.29 is 9.53 Å². The molecule has 3 aromatic heterocycles. The number of nitrogens with two attached hydrogens (primary N) is 1. The van der Waals surface area contributed by atoms with Crippen LogP contribution in [0.1, 0.15) is 15.9 Å². The fourth-order valence-electron chi connectivity index (χ4n) is 3.86. The van der Waals surface area contributed by atoms with Crippen molar-refractivity contribution in [1.29, 1.82) is 0 Å². The Labute approximate surface area is 196 Å². The second kappa shape index (κ2) is 9.03. The van der Waals surface area contributed by atoms with Gasteiger partial charge in [0.1, 0.15) is 5.56 Å². The van der Waals surface area contributed by atoms with E-state index in [4.69, 9.17) is 10.5 Å². The Balaban J connectivity index is 1.42. The van der Waals surface area contributed by atoms with Crippen molar-refractivity contribution in [2.45, 2.75) is 6.54 Å². The number of pyridine rings is 2. The number of carbonyl (C=O) groups is 1. The van der Waals surface area contributed by atoms with Crippen LogP contribution < -0.4 is 15.8 Å². The topological polar surface area (TPSA) is 107 Å². The Kier molecular flexibility index (Phi) is 5.61. The fraction of sp³-hybridized carbons (Fsp3) is 0.0769. The first-order valence-corrected chi connectivity index (χ1v) is 10.7. The first kappa shape index (κ1) is 21.1. The van der Waals surface area contributed by atoms with E-state index in [0.717, 1.165) is 27.8 Å². The van der Waals surface area contributed by atoms with Crippen molar-refractivity contribution in [3.8, 4) is 28.1 Å². The summed E-state index contributed by atoms with van der Waals surface area (Å²) in [4.78, 5) is 21.7. The molecule has 0 bridgehead atoms. The maximum atomic E-state index is 13.2. The lowest BCUT2D eigenvalue weighted by Crippen LogP contribution is -2.24. The zero-order valence-electron chi connectivity index (χ0n) is 18.5. The van der Waals surface area contributed by atoms with Gasteiger partial charge in [-0.05, 0) is 40.5 Å². The Morgan fingerprint density at radius 3 is 2.62 bits per heavy atom. The third kappa shape index (κ3) is 4.16. The minimum Gasteiger partial charge on any atom is -0.480 e. The van der Waals surface area contributed by atoms with Crippen molar-refractivity contribution in [3.63, 3.8) is 0 Å². The predicted molar refractivity (Wildman–Crippen MR) is 130 cm³/mol. The van der Waals surface area contributed by atoms with E-state index >= 15 is 0 Å². The first-order chi connectivity index (χ1) is 16.6. The SMILES string of the molecule is COc1ncc(-c2ccn3nc(N)nc3c2)cc1C(=O)NCc1ccccc1-c1ccccc1. The minimum absolute atomic E-state index is 0.195. The molecule has 168 valence electrons. The monoisotopic (exact) mass is 450 g/mol. The van der Waals surface area contributed by atoms with Crippen molar-refractivity contribution in [3.05, 3.63) is 96.3 Å². The van der Waals surface area contributed by atoms with Crippen LogP contribution in [0.2, 0.25) is 0 Å². The number of rotatable bonds is 6. The predicted octanol–water partition coefficient (Wildman–Crippen LogP) is 3.98. The molecule has 3 N–H and O–H groups in total. The van der Waals surface area contributed by atoms with E-state index in [1.165, 1.54) is 7.11 Å². The molecule has 0 spiro atoms. The molecular formula is C26H22N6O2. The van der Waals surface area contributed by atoms with E-state index in [0.29, 0.717) is 17.8 Å². The molecule has 0 saturated heterocycles. The summed E-state index contributed by atoms with van der Waals surface area (Å²) in [5.74, 6) is 0.174. The zero-order chi connectivity index (χ0) is 23.5. The summed E-state index contributed by atoms with van der Waals surface area (Å²) in [6.07, 6.45) is 3.42. The third-order valence-corrected chi connectivity index (χ3v) is 5.52. The Morgan fingerprint density at radius 1 is 1.00 bits per heavy atom. The smallest absolute Gasteiger partial charge is 0.257 e. The molecule has 5 aromatic rings. The maximum absolute atomic E-state index is 13.2. The first-order valence-electron chi connectivity index (χ1n) is 10.7. The second-order valence-electron chi connectivity index (χ2n) is 7.67. The molecule has 0 radical (unpaired) electrons. The number of hydrogen-bond acceptors (Lipinski definition) is 6. The highest BCUT2D eigenvalue weighted by atomic mass is 16.5. The Hall–Kier alpha value is -4.72. The Bertz CT molecular complexity index is 1480. The standard InChI is InChI=1S/C26H22N6O2/c1-34-25-22(13-20(16-29-25)18-11-12-32-23(14-18)30-26(27)31-32)24(33)28-15-19-9-5-6-10-21(19)17-7-3-2-4-8-17/h2-14,16H,15H2,1H3,(H2,27,31)(H,28,33). The van der Waals surface area contributed by atoms with Crippen LogP contribution in [0.4, 0.5) is 5.95 Å². The number of hydrogen-bond donors (Lipinski definition) is 2. The second-order valence-corrected chi connectivity index (χ2v) is 7.67. The van der Waals surface area contributed by atoms with Crippen LogP contribution in [0.25, 0.3) is 27.9 Å². The summed E-state index contributed by atoms with van der Waals surface area (Å²) >= 11 is 0. The van der Waals surface area contributed by atoms with E-state index in [9.17, 15) is 4.79 Å².